The van der Waals surface area contributed by atoms with Gasteiger partial charge in [-0.05, 0) is 48.9 Å². The van der Waals surface area contributed by atoms with Crippen LogP contribution < -0.4 is 5.32 Å². The van der Waals surface area contributed by atoms with Crippen LogP contribution in [-0.4, -0.2) is 27.7 Å². The van der Waals surface area contributed by atoms with Crippen molar-refractivity contribution in [1.29, 1.82) is 0 Å². The molecule has 0 saturated carbocycles. The fraction of sp³-hybridized carbons (Fsp3) is 0.125. The number of pyridine rings is 2. The lowest BCUT2D eigenvalue weighted by atomic mass is 9.96. The number of aromatic nitrogens is 2. The Morgan fingerprint density at radius 3 is 2.70 bits per heavy atom. The number of anilines is 1. The van der Waals surface area contributed by atoms with Gasteiger partial charge in [-0.25, -0.2) is 4.79 Å². The number of fused-ring (bicyclic) bond motifs is 1. The summed E-state index contributed by atoms with van der Waals surface area (Å²) in [5.74, 6) is -0.261. The molecule has 2 heterocycles. The largest absolute Gasteiger partial charge is 0.505 e. The number of hydrogen-bond donors (Lipinski definition) is 2. The Morgan fingerprint density at radius 2 is 1.90 bits per heavy atom. The standard InChI is InChI=1S/C24H21N3O3/c1-2-30-24(29)18-5-3-7-19(15-18)27-21(17-10-13-25-14-11-17)20-9-8-16-6-4-12-26-22(16)23(20)28/h3-15,21,27-28H,2H2,1H3/t21-/m1/s1. The first kappa shape index (κ1) is 19.4. The third-order valence-corrected chi connectivity index (χ3v) is 4.81. The van der Waals surface area contributed by atoms with Gasteiger partial charge in [0, 0.05) is 35.2 Å². The van der Waals surface area contributed by atoms with Crippen LogP contribution in [0.5, 0.6) is 5.75 Å². The fourth-order valence-corrected chi connectivity index (χ4v) is 3.39. The Bertz CT molecular complexity index is 1180. The number of hydrogen-bond acceptors (Lipinski definition) is 6. The zero-order chi connectivity index (χ0) is 20.9. The van der Waals surface area contributed by atoms with E-state index in [9.17, 15) is 9.90 Å². The summed E-state index contributed by atoms with van der Waals surface area (Å²) in [6, 6.07) is 18.1. The van der Waals surface area contributed by atoms with Crippen molar-refractivity contribution in [1.82, 2.24) is 9.97 Å². The summed E-state index contributed by atoms with van der Waals surface area (Å²) in [5, 5.41) is 15.3. The third-order valence-electron chi connectivity index (χ3n) is 4.81. The molecule has 0 radical (unpaired) electrons. The van der Waals surface area contributed by atoms with Gasteiger partial charge in [-0.2, -0.15) is 0 Å². The molecule has 1 atom stereocenters. The molecule has 4 rings (SSSR count). The highest BCUT2D eigenvalue weighted by atomic mass is 16.5. The summed E-state index contributed by atoms with van der Waals surface area (Å²) in [6.45, 7) is 2.09. The van der Waals surface area contributed by atoms with E-state index in [-0.39, 0.29) is 17.8 Å². The van der Waals surface area contributed by atoms with Crippen molar-refractivity contribution < 1.29 is 14.6 Å². The Labute approximate surface area is 174 Å². The number of carbonyl (C=O) groups is 1. The van der Waals surface area contributed by atoms with Crippen LogP contribution in [0.25, 0.3) is 10.9 Å². The summed E-state index contributed by atoms with van der Waals surface area (Å²) in [7, 11) is 0. The second kappa shape index (κ2) is 8.61. The van der Waals surface area contributed by atoms with Crippen molar-refractivity contribution in [3.05, 3.63) is 95.9 Å². The first-order valence-corrected chi connectivity index (χ1v) is 9.67. The number of aromatic hydroxyl groups is 1. The molecular weight excluding hydrogens is 378 g/mol. The van der Waals surface area contributed by atoms with E-state index in [1.54, 1.807) is 43.7 Å². The van der Waals surface area contributed by atoms with Gasteiger partial charge in [-0.1, -0.05) is 24.3 Å². The number of nitrogens with zero attached hydrogens (tertiary/aromatic N) is 2. The molecule has 0 amide bonds. The van der Waals surface area contributed by atoms with Crippen LogP contribution >= 0.6 is 0 Å². The molecule has 6 heteroatoms. The van der Waals surface area contributed by atoms with Crippen molar-refractivity contribution in [3.8, 4) is 5.75 Å². The summed E-state index contributed by atoms with van der Waals surface area (Å²) in [4.78, 5) is 20.5. The van der Waals surface area contributed by atoms with Gasteiger partial charge in [0.05, 0.1) is 18.2 Å². The Kier molecular flexibility index (Phi) is 5.57. The molecule has 30 heavy (non-hydrogen) atoms. The number of esters is 1. The van der Waals surface area contributed by atoms with Crippen LogP contribution in [0.1, 0.15) is 34.5 Å². The monoisotopic (exact) mass is 399 g/mol. The van der Waals surface area contributed by atoms with E-state index in [2.05, 4.69) is 15.3 Å². The summed E-state index contributed by atoms with van der Waals surface area (Å²) >= 11 is 0. The normalized spacial score (nSPS) is 11.8. The molecule has 6 nitrogen and oxygen atoms in total. The minimum Gasteiger partial charge on any atom is -0.505 e. The highest BCUT2D eigenvalue weighted by Crippen LogP contribution is 2.36. The second-order valence-corrected chi connectivity index (χ2v) is 6.74. The molecule has 150 valence electrons. The number of carbonyl (C=O) groups excluding carboxylic acids is 1. The smallest absolute Gasteiger partial charge is 0.338 e. The molecule has 0 unspecified atom stereocenters. The molecule has 0 saturated heterocycles. The predicted octanol–water partition coefficient (Wildman–Crippen LogP) is 4.71. The number of phenols is 1. The van der Waals surface area contributed by atoms with E-state index < -0.39 is 0 Å². The van der Waals surface area contributed by atoms with E-state index in [1.165, 1.54) is 0 Å². The van der Waals surface area contributed by atoms with Gasteiger partial charge in [-0.15, -0.1) is 0 Å². The number of nitrogens with one attached hydrogen (secondary N) is 1. The fourth-order valence-electron chi connectivity index (χ4n) is 3.39. The van der Waals surface area contributed by atoms with Crippen LogP contribution in [0, 0.1) is 0 Å². The van der Waals surface area contributed by atoms with E-state index in [0.29, 0.717) is 23.3 Å². The van der Waals surface area contributed by atoms with Gasteiger partial charge >= 0.3 is 5.97 Å². The van der Waals surface area contributed by atoms with Crippen molar-refractivity contribution in [2.75, 3.05) is 11.9 Å². The quantitative estimate of drug-likeness (QED) is 0.457. The zero-order valence-electron chi connectivity index (χ0n) is 16.4. The maximum Gasteiger partial charge on any atom is 0.338 e. The van der Waals surface area contributed by atoms with Crippen LogP contribution in [0.2, 0.25) is 0 Å². The molecule has 0 aliphatic rings. The minimum absolute atomic E-state index is 0.115. The molecular formula is C24H21N3O3. The maximum atomic E-state index is 12.1. The lowest BCUT2D eigenvalue weighted by Crippen LogP contribution is -2.14. The number of benzene rings is 2. The van der Waals surface area contributed by atoms with E-state index in [0.717, 1.165) is 16.6 Å². The van der Waals surface area contributed by atoms with Crippen LogP contribution in [-0.2, 0) is 4.74 Å². The van der Waals surface area contributed by atoms with Crippen LogP contribution in [0.4, 0.5) is 5.69 Å². The molecule has 4 aromatic rings. The molecule has 0 bridgehead atoms. The number of phenolic OH excluding ortho intramolecular Hbond substituents is 1. The van der Waals surface area contributed by atoms with Crippen molar-refractivity contribution in [3.63, 3.8) is 0 Å². The lowest BCUT2D eigenvalue weighted by molar-refractivity contribution is 0.0526. The first-order chi connectivity index (χ1) is 14.7. The highest BCUT2D eigenvalue weighted by Gasteiger charge is 2.20. The van der Waals surface area contributed by atoms with Gasteiger partial charge < -0.3 is 15.2 Å². The average Bonchev–Trinajstić information content (AvgIpc) is 2.79. The molecule has 0 aliphatic carbocycles. The predicted molar refractivity (Wildman–Crippen MR) is 116 cm³/mol. The van der Waals surface area contributed by atoms with Gasteiger partial charge in [0.25, 0.3) is 0 Å². The van der Waals surface area contributed by atoms with Gasteiger partial charge in [0.1, 0.15) is 11.3 Å². The topological polar surface area (TPSA) is 84.3 Å². The SMILES string of the molecule is CCOC(=O)c1cccc(N[C@H](c2ccncc2)c2ccc3cccnc3c2O)c1. The third kappa shape index (κ3) is 3.93. The van der Waals surface area contributed by atoms with Crippen LogP contribution in [0.3, 0.4) is 0 Å². The van der Waals surface area contributed by atoms with Gasteiger partial charge in [0.15, 0.2) is 0 Å². The Balaban J connectivity index is 1.77. The van der Waals surface area contributed by atoms with Gasteiger partial charge in [0.2, 0.25) is 0 Å². The molecule has 2 aromatic carbocycles. The average molecular weight is 399 g/mol. The van der Waals surface area contributed by atoms with Crippen molar-refractivity contribution >= 4 is 22.6 Å². The Morgan fingerprint density at radius 1 is 1.07 bits per heavy atom. The molecule has 0 spiro atoms. The molecule has 2 aromatic heterocycles. The summed E-state index contributed by atoms with van der Waals surface area (Å²) in [5.41, 5.74) is 3.31. The summed E-state index contributed by atoms with van der Waals surface area (Å²) in [6.07, 6.45) is 5.06. The van der Waals surface area contributed by atoms with E-state index >= 15 is 0 Å². The first-order valence-electron chi connectivity index (χ1n) is 9.67. The highest BCUT2D eigenvalue weighted by molar-refractivity contribution is 5.90. The van der Waals surface area contributed by atoms with Crippen molar-refractivity contribution in [2.45, 2.75) is 13.0 Å². The van der Waals surface area contributed by atoms with Crippen molar-refractivity contribution in [2.24, 2.45) is 0 Å². The minimum atomic E-state index is -0.378. The molecule has 0 fully saturated rings. The Hall–Kier alpha value is -3.93. The lowest BCUT2D eigenvalue weighted by Gasteiger charge is -2.22. The maximum absolute atomic E-state index is 12.1. The van der Waals surface area contributed by atoms with Crippen LogP contribution in [0.15, 0.2) is 79.3 Å². The second-order valence-electron chi connectivity index (χ2n) is 6.74. The summed E-state index contributed by atoms with van der Waals surface area (Å²) < 4.78 is 5.10. The zero-order valence-corrected chi connectivity index (χ0v) is 16.4. The number of ether oxygens (including phenoxy) is 1. The molecule has 0 aliphatic heterocycles. The van der Waals surface area contributed by atoms with E-state index in [4.69, 9.17) is 4.74 Å². The van der Waals surface area contributed by atoms with E-state index in [1.807, 2.05) is 42.5 Å². The number of rotatable bonds is 6. The van der Waals surface area contributed by atoms with Gasteiger partial charge in [-0.3, -0.25) is 9.97 Å². The molecule has 2 N–H and O–H groups in total.